The van der Waals surface area contributed by atoms with E-state index in [1.54, 1.807) is 14.0 Å². The zero-order valence-corrected chi connectivity index (χ0v) is 8.93. The van der Waals surface area contributed by atoms with Crippen LogP contribution in [0.1, 0.15) is 13.3 Å². The van der Waals surface area contributed by atoms with Gasteiger partial charge in [-0.15, -0.1) is 0 Å². The maximum absolute atomic E-state index is 11.3. The summed E-state index contributed by atoms with van der Waals surface area (Å²) in [5, 5.41) is 0. The summed E-state index contributed by atoms with van der Waals surface area (Å²) in [6.45, 7) is 2.50. The van der Waals surface area contributed by atoms with E-state index >= 15 is 0 Å². The normalized spacial score (nSPS) is 14.4. The van der Waals surface area contributed by atoms with Crippen molar-refractivity contribution in [1.29, 1.82) is 0 Å². The van der Waals surface area contributed by atoms with E-state index in [2.05, 4.69) is 4.72 Å². The van der Waals surface area contributed by atoms with E-state index < -0.39 is 10.0 Å². The highest BCUT2D eigenvalue weighted by atomic mass is 32.2. The molecule has 0 aromatic rings. The van der Waals surface area contributed by atoms with Crippen LogP contribution in [0.25, 0.3) is 0 Å². The number of nitrogens with one attached hydrogen (secondary N) is 1. The van der Waals surface area contributed by atoms with E-state index in [1.807, 2.05) is 0 Å². The Morgan fingerprint density at radius 1 is 1.54 bits per heavy atom. The Hall–Kier alpha value is -0.170. The van der Waals surface area contributed by atoms with Crippen molar-refractivity contribution in [2.24, 2.45) is 5.73 Å². The summed E-state index contributed by atoms with van der Waals surface area (Å²) in [6, 6.07) is -0.201. The first-order valence-electron chi connectivity index (χ1n) is 4.21. The van der Waals surface area contributed by atoms with E-state index in [0.717, 1.165) is 0 Å². The Kier molecular flexibility index (Phi) is 6.23. The van der Waals surface area contributed by atoms with Crippen molar-refractivity contribution in [3.05, 3.63) is 0 Å². The maximum Gasteiger partial charge on any atom is 0.211 e. The number of rotatable bonds is 7. The van der Waals surface area contributed by atoms with Crippen LogP contribution in [0.15, 0.2) is 0 Å². The van der Waals surface area contributed by atoms with Crippen LogP contribution in [-0.4, -0.2) is 40.5 Å². The molecular weight excluding hydrogens is 192 g/mol. The van der Waals surface area contributed by atoms with Gasteiger partial charge >= 0.3 is 0 Å². The number of hydrogen-bond donors (Lipinski definition) is 2. The smallest absolute Gasteiger partial charge is 0.211 e. The van der Waals surface area contributed by atoms with E-state index in [4.69, 9.17) is 10.5 Å². The molecule has 0 aliphatic heterocycles. The fourth-order valence-corrected chi connectivity index (χ4v) is 2.13. The summed E-state index contributed by atoms with van der Waals surface area (Å²) >= 11 is 0. The average molecular weight is 210 g/mol. The van der Waals surface area contributed by atoms with E-state index in [9.17, 15) is 8.42 Å². The molecule has 0 heterocycles. The van der Waals surface area contributed by atoms with Crippen LogP contribution in [0.4, 0.5) is 0 Å². The lowest BCUT2D eigenvalue weighted by Crippen LogP contribution is -2.39. The van der Waals surface area contributed by atoms with Crippen molar-refractivity contribution in [1.82, 2.24) is 4.72 Å². The molecule has 0 amide bonds. The molecule has 80 valence electrons. The molecule has 13 heavy (non-hydrogen) atoms. The number of ether oxygens (including phenoxy) is 1. The maximum atomic E-state index is 11.3. The monoisotopic (exact) mass is 210 g/mol. The Morgan fingerprint density at radius 3 is 2.62 bits per heavy atom. The molecule has 0 fully saturated rings. The average Bonchev–Trinajstić information content (AvgIpc) is 2.03. The molecule has 0 aromatic heterocycles. The highest BCUT2D eigenvalue weighted by molar-refractivity contribution is 7.89. The van der Waals surface area contributed by atoms with Crippen molar-refractivity contribution >= 4 is 10.0 Å². The molecule has 5 nitrogen and oxygen atoms in total. The molecule has 3 N–H and O–H groups in total. The molecule has 1 atom stereocenters. The SMILES string of the molecule is COCCCS(=O)(=O)N[C@H](C)CN. The van der Waals surface area contributed by atoms with E-state index in [1.165, 1.54) is 0 Å². The predicted octanol–water partition coefficient (Wildman–Crippen LogP) is -0.710. The zero-order chi connectivity index (χ0) is 10.3. The molecule has 0 saturated carbocycles. The summed E-state index contributed by atoms with van der Waals surface area (Å²) in [5.41, 5.74) is 5.28. The van der Waals surface area contributed by atoms with Crippen LogP contribution in [0.5, 0.6) is 0 Å². The Balaban J connectivity index is 3.81. The lowest BCUT2D eigenvalue weighted by Gasteiger charge is -2.11. The standard InChI is InChI=1S/C7H18N2O3S/c1-7(6-8)9-13(10,11)5-3-4-12-2/h7,9H,3-6,8H2,1-2H3/t7-/m1/s1. The van der Waals surface area contributed by atoms with E-state index in [0.29, 0.717) is 19.6 Å². The van der Waals surface area contributed by atoms with Gasteiger partial charge in [-0.2, -0.15) is 0 Å². The van der Waals surface area contributed by atoms with Gasteiger partial charge in [0.1, 0.15) is 0 Å². The minimum absolute atomic E-state index is 0.0885. The van der Waals surface area contributed by atoms with Crippen LogP contribution in [0.2, 0.25) is 0 Å². The summed E-state index contributed by atoms with van der Waals surface area (Å²) in [4.78, 5) is 0. The van der Waals surface area contributed by atoms with Crippen molar-refractivity contribution in [3.63, 3.8) is 0 Å². The van der Waals surface area contributed by atoms with Crippen LogP contribution < -0.4 is 10.5 Å². The van der Waals surface area contributed by atoms with Gasteiger partial charge in [0.2, 0.25) is 10.0 Å². The predicted molar refractivity (Wildman–Crippen MR) is 51.9 cm³/mol. The summed E-state index contributed by atoms with van der Waals surface area (Å²) in [5.74, 6) is 0.0885. The Morgan fingerprint density at radius 2 is 2.15 bits per heavy atom. The molecule has 0 aromatic carbocycles. The van der Waals surface area contributed by atoms with Gasteiger partial charge in [0.15, 0.2) is 0 Å². The molecule has 0 rings (SSSR count). The molecule has 0 aliphatic rings. The second-order valence-electron chi connectivity index (χ2n) is 2.92. The van der Waals surface area contributed by atoms with Gasteiger partial charge in [-0.05, 0) is 13.3 Å². The summed E-state index contributed by atoms with van der Waals surface area (Å²) < 4.78 is 29.7. The first kappa shape index (κ1) is 12.8. The van der Waals surface area contributed by atoms with Crippen molar-refractivity contribution in [2.45, 2.75) is 19.4 Å². The van der Waals surface area contributed by atoms with Crippen molar-refractivity contribution in [3.8, 4) is 0 Å². The van der Waals surface area contributed by atoms with Gasteiger partial charge in [-0.25, -0.2) is 13.1 Å². The van der Waals surface area contributed by atoms with Crippen LogP contribution in [-0.2, 0) is 14.8 Å². The van der Waals surface area contributed by atoms with Crippen LogP contribution >= 0.6 is 0 Å². The minimum Gasteiger partial charge on any atom is -0.385 e. The Bertz CT molecular complexity index is 216. The van der Waals surface area contributed by atoms with Crippen LogP contribution in [0.3, 0.4) is 0 Å². The lowest BCUT2D eigenvalue weighted by atomic mass is 10.4. The molecule has 6 heteroatoms. The van der Waals surface area contributed by atoms with Gasteiger partial charge in [0, 0.05) is 26.3 Å². The number of methoxy groups -OCH3 is 1. The van der Waals surface area contributed by atoms with Crippen molar-refractivity contribution < 1.29 is 13.2 Å². The molecule has 0 radical (unpaired) electrons. The third-order valence-electron chi connectivity index (χ3n) is 1.50. The largest absolute Gasteiger partial charge is 0.385 e. The van der Waals surface area contributed by atoms with Gasteiger partial charge in [-0.1, -0.05) is 0 Å². The highest BCUT2D eigenvalue weighted by Gasteiger charge is 2.12. The highest BCUT2D eigenvalue weighted by Crippen LogP contribution is 1.92. The summed E-state index contributed by atoms with van der Waals surface area (Å²) in [7, 11) is -1.63. The van der Waals surface area contributed by atoms with Gasteiger partial charge in [0.25, 0.3) is 0 Å². The van der Waals surface area contributed by atoms with Gasteiger partial charge in [0.05, 0.1) is 5.75 Å². The number of hydrogen-bond acceptors (Lipinski definition) is 4. The molecule has 0 aliphatic carbocycles. The topological polar surface area (TPSA) is 81.4 Å². The number of sulfonamides is 1. The number of nitrogens with two attached hydrogens (primary N) is 1. The molecule has 0 saturated heterocycles. The third-order valence-corrected chi connectivity index (χ3v) is 3.08. The summed E-state index contributed by atoms with van der Waals surface area (Å²) in [6.07, 6.45) is 0.503. The first-order valence-corrected chi connectivity index (χ1v) is 5.86. The fourth-order valence-electron chi connectivity index (χ4n) is 0.807. The Labute approximate surface area is 79.7 Å². The second kappa shape index (κ2) is 6.31. The zero-order valence-electron chi connectivity index (χ0n) is 8.12. The third kappa shape index (κ3) is 6.94. The fraction of sp³-hybridized carbons (Fsp3) is 1.00. The molecule has 0 spiro atoms. The van der Waals surface area contributed by atoms with Gasteiger partial charge in [-0.3, -0.25) is 0 Å². The van der Waals surface area contributed by atoms with Gasteiger partial charge < -0.3 is 10.5 Å². The second-order valence-corrected chi connectivity index (χ2v) is 4.79. The van der Waals surface area contributed by atoms with E-state index in [-0.39, 0.29) is 11.8 Å². The molecule has 0 unspecified atom stereocenters. The van der Waals surface area contributed by atoms with Crippen molar-refractivity contribution in [2.75, 3.05) is 26.0 Å². The first-order chi connectivity index (χ1) is 6.02. The van der Waals surface area contributed by atoms with Crippen LogP contribution in [0, 0.1) is 0 Å². The minimum atomic E-state index is -3.18. The lowest BCUT2D eigenvalue weighted by molar-refractivity contribution is 0.199. The molecular formula is C7H18N2O3S. The quantitative estimate of drug-likeness (QED) is 0.544. The molecule has 0 bridgehead atoms.